The predicted octanol–water partition coefficient (Wildman–Crippen LogP) is 1.54. The fourth-order valence-electron chi connectivity index (χ4n) is 2.89. The van der Waals surface area contributed by atoms with Crippen molar-refractivity contribution in [3.05, 3.63) is 17.3 Å². The molecule has 1 aliphatic carbocycles. The van der Waals surface area contributed by atoms with Gasteiger partial charge in [0.15, 0.2) is 5.15 Å². The summed E-state index contributed by atoms with van der Waals surface area (Å²) in [5, 5.41) is 15.2. The van der Waals surface area contributed by atoms with E-state index in [4.69, 9.17) is 11.6 Å². The number of hydrogen-bond donors (Lipinski definition) is 2. The Kier molecular flexibility index (Phi) is 2.69. The molecule has 4 nitrogen and oxygen atoms in total. The van der Waals surface area contributed by atoms with Gasteiger partial charge in [0, 0.05) is 6.04 Å². The highest BCUT2D eigenvalue weighted by Crippen LogP contribution is 2.35. The second-order valence-electron chi connectivity index (χ2n) is 4.73. The fourth-order valence-corrected chi connectivity index (χ4v) is 2.99. The Morgan fingerprint density at radius 2 is 1.94 bits per heavy atom. The number of rotatable bonds is 2. The lowest BCUT2D eigenvalue weighted by molar-refractivity contribution is 0.494. The maximum atomic E-state index is 5.70. The van der Waals surface area contributed by atoms with Gasteiger partial charge in [-0.1, -0.05) is 11.6 Å². The topological polar surface area (TPSA) is 49.8 Å². The molecule has 1 aromatic heterocycles. The number of nitrogens with one attached hydrogen (secondary N) is 2. The molecule has 1 saturated heterocycles. The second-order valence-corrected chi connectivity index (χ2v) is 5.12. The molecule has 1 saturated carbocycles. The highest BCUT2D eigenvalue weighted by atomic mass is 35.5. The number of fused-ring (bicyclic) bond motifs is 1. The van der Waals surface area contributed by atoms with E-state index in [0.717, 1.165) is 17.7 Å². The summed E-state index contributed by atoms with van der Waals surface area (Å²) in [5.41, 5.74) is 0. The van der Waals surface area contributed by atoms with E-state index < -0.39 is 0 Å². The summed E-state index contributed by atoms with van der Waals surface area (Å²) in [6.07, 6.45) is 2.48. The van der Waals surface area contributed by atoms with Crippen LogP contribution in [0.15, 0.2) is 12.1 Å². The lowest BCUT2D eigenvalue weighted by Crippen LogP contribution is -2.21. The molecule has 0 bridgehead atoms. The van der Waals surface area contributed by atoms with E-state index in [1.54, 1.807) is 6.07 Å². The van der Waals surface area contributed by atoms with Crippen LogP contribution in [-0.4, -0.2) is 29.3 Å². The first-order valence-electron chi connectivity index (χ1n) is 5.78. The summed E-state index contributed by atoms with van der Waals surface area (Å²) in [4.78, 5) is 0. The summed E-state index contributed by atoms with van der Waals surface area (Å²) >= 11 is 5.70. The van der Waals surface area contributed by atoms with Crippen molar-refractivity contribution < 1.29 is 0 Å². The third-order valence-electron chi connectivity index (χ3n) is 3.64. The van der Waals surface area contributed by atoms with Crippen LogP contribution in [0.1, 0.15) is 12.8 Å². The zero-order valence-electron chi connectivity index (χ0n) is 8.99. The minimum Gasteiger partial charge on any atom is -0.366 e. The van der Waals surface area contributed by atoms with E-state index >= 15 is 0 Å². The van der Waals surface area contributed by atoms with Crippen LogP contribution in [0.2, 0.25) is 5.15 Å². The lowest BCUT2D eigenvalue weighted by atomic mass is 10.0. The van der Waals surface area contributed by atoms with Crippen molar-refractivity contribution in [2.75, 3.05) is 18.4 Å². The minimum atomic E-state index is 0.443. The highest BCUT2D eigenvalue weighted by molar-refractivity contribution is 6.29. The van der Waals surface area contributed by atoms with Crippen molar-refractivity contribution in [1.29, 1.82) is 0 Å². The number of anilines is 1. The summed E-state index contributed by atoms with van der Waals surface area (Å²) in [7, 11) is 0. The minimum absolute atomic E-state index is 0.443. The molecule has 2 heterocycles. The maximum Gasteiger partial charge on any atom is 0.151 e. The average Bonchev–Trinajstić information content (AvgIpc) is 2.81. The molecule has 3 rings (SSSR count). The molecule has 1 aliphatic heterocycles. The van der Waals surface area contributed by atoms with E-state index in [2.05, 4.69) is 20.8 Å². The molecule has 1 aromatic rings. The van der Waals surface area contributed by atoms with Crippen LogP contribution in [0, 0.1) is 11.8 Å². The zero-order chi connectivity index (χ0) is 11.0. The summed E-state index contributed by atoms with van der Waals surface area (Å²) in [6, 6.07) is 4.21. The molecule has 5 heteroatoms. The molecule has 0 amide bonds. The maximum absolute atomic E-state index is 5.70. The molecule has 2 fully saturated rings. The summed E-state index contributed by atoms with van der Waals surface area (Å²) in [5.74, 6) is 2.53. The standard InChI is InChI=1S/C11H15ClN4/c12-10-1-2-11(16-15-10)14-9-3-7-5-13-6-8(7)4-9/h1-2,7-9,13H,3-6H2,(H,14,16)/t7-,8?,9?/m1/s1. The molecule has 0 radical (unpaired) electrons. The fraction of sp³-hybridized carbons (Fsp3) is 0.636. The van der Waals surface area contributed by atoms with Gasteiger partial charge < -0.3 is 10.6 Å². The predicted molar refractivity (Wildman–Crippen MR) is 63.5 cm³/mol. The van der Waals surface area contributed by atoms with Crippen LogP contribution in [0.25, 0.3) is 0 Å². The third-order valence-corrected chi connectivity index (χ3v) is 3.84. The first kappa shape index (κ1) is 10.3. The SMILES string of the molecule is Clc1ccc(NC2CC3CNC[C@H]3C2)nn1. The van der Waals surface area contributed by atoms with Crippen LogP contribution in [0.3, 0.4) is 0 Å². The van der Waals surface area contributed by atoms with Crippen LogP contribution in [0.4, 0.5) is 5.82 Å². The van der Waals surface area contributed by atoms with Gasteiger partial charge in [-0.25, -0.2) is 0 Å². The molecule has 2 unspecified atom stereocenters. The van der Waals surface area contributed by atoms with E-state index in [9.17, 15) is 0 Å². The van der Waals surface area contributed by atoms with Crippen LogP contribution < -0.4 is 10.6 Å². The Bertz CT molecular complexity index is 355. The van der Waals surface area contributed by atoms with Crippen molar-refractivity contribution in [1.82, 2.24) is 15.5 Å². The van der Waals surface area contributed by atoms with Gasteiger partial charge in [-0.2, -0.15) is 0 Å². The third kappa shape index (κ3) is 1.99. The van der Waals surface area contributed by atoms with Gasteiger partial charge >= 0.3 is 0 Å². The van der Waals surface area contributed by atoms with Gasteiger partial charge in [-0.3, -0.25) is 0 Å². The average molecular weight is 239 g/mol. The van der Waals surface area contributed by atoms with Crippen molar-refractivity contribution in [3.63, 3.8) is 0 Å². The molecular weight excluding hydrogens is 224 g/mol. The second kappa shape index (κ2) is 4.18. The van der Waals surface area contributed by atoms with Gasteiger partial charge in [0.05, 0.1) is 0 Å². The first-order valence-corrected chi connectivity index (χ1v) is 6.15. The van der Waals surface area contributed by atoms with Crippen LogP contribution >= 0.6 is 11.6 Å². The molecular formula is C11H15ClN4. The Labute approximate surface area is 99.8 Å². The van der Waals surface area contributed by atoms with Crippen molar-refractivity contribution >= 4 is 17.4 Å². The van der Waals surface area contributed by atoms with Crippen molar-refractivity contribution in [2.45, 2.75) is 18.9 Å². The number of halogens is 1. The Balaban J connectivity index is 1.62. The molecule has 0 spiro atoms. The van der Waals surface area contributed by atoms with Crippen LogP contribution in [-0.2, 0) is 0 Å². The lowest BCUT2D eigenvalue weighted by Gasteiger charge is -2.13. The first-order chi connectivity index (χ1) is 7.81. The Morgan fingerprint density at radius 1 is 1.19 bits per heavy atom. The number of aromatic nitrogens is 2. The molecule has 3 atom stereocenters. The van der Waals surface area contributed by atoms with Gasteiger partial charge in [0.25, 0.3) is 0 Å². The van der Waals surface area contributed by atoms with E-state index in [1.807, 2.05) is 6.07 Å². The van der Waals surface area contributed by atoms with Gasteiger partial charge in [0.1, 0.15) is 5.82 Å². The quantitative estimate of drug-likeness (QED) is 0.821. The molecule has 2 aliphatic rings. The summed E-state index contributed by atoms with van der Waals surface area (Å²) < 4.78 is 0. The van der Waals surface area contributed by atoms with E-state index in [-0.39, 0.29) is 0 Å². The molecule has 2 N–H and O–H groups in total. The van der Waals surface area contributed by atoms with Gasteiger partial charge in [0.2, 0.25) is 0 Å². The highest BCUT2D eigenvalue weighted by Gasteiger charge is 2.37. The molecule has 0 aromatic carbocycles. The van der Waals surface area contributed by atoms with Gasteiger partial charge in [-0.15, -0.1) is 10.2 Å². The van der Waals surface area contributed by atoms with Crippen LogP contribution in [0.5, 0.6) is 0 Å². The smallest absolute Gasteiger partial charge is 0.151 e. The van der Waals surface area contributed by atoms with E-state index in [0.29, 0.717) is 11.2 Å². The normalized spacial score (nSPS) is 32.7. The Morgan fingerprint density at radius 3 is 2.56 bits per heavy atom. The zero-order valence-corrected chi connectivity index (χ0v) is 9.74. The number of nitrogens with zero attached hydrogens (tertiary/aromatic N) is 2. The summed E-state index contributed by atoms with van der Waals surface area (Å²) in [6.45, 7) is 2.35. The van der Waals surface area contributed by atoms with E-state index in [1.165, 1.54) is 25.9 Å². The molecule has 86 valence electrons. The Hall–Kier alpha value is -0.870. The van der Waals surface area contributed by atoms with Crippen molar-refractivity contribution in [3.8, 4) is 0 Å². The molecule has 16 heavy (non-hydrogen) atoms. The van der Waals surface area contributed by atoms with Crippen molar-refractivity contribution in [2.24, 2.45) is 11.8 Å². The largest absolute Gasteiger partial charge is 0.366 e. The van der Waals surface area contributed by atoms with Gasteiger partial charge in [-0.05, 0) is 49.9 Å². The number of hydrogen-bond acceptors (Lipinski definition) is 4. The monoisotopic (exact) mass is 238 g/mol.